The van der Waals surface area contributed by atoms with E-state index in [0.29, 0.717) is 10.0 Å². The lowest BCUT2D eigenvalue weighted by atomic mass is 10.1. The summed E-state index contributed by atoms with van der Waals surface area (Å²) in [6, 6.07) is 7.59. The van der Waals surface area contributed by atoms with E-state index < -0.39 is 10.0 Å². The fourth-order valence-electron chi connectivity index (χ4n) is 1.75. The first-order valence-corrected chi connectivity index (χ1v) is 8.32. The molecule has 1 aromatic carbocycles. The predicted octanol–water partition coefficient (Wildman–Crippen LogP) is 2.09. The number of sulfonamides is 1. The van der Waals surface area contributed by atoms with Crippen molar-refractivity contribution in [2.24, 2.45) is 0 Å². The number of pyridine rings is 1. The van der Waals surface area contributed by atoms with Gasteiger partial charge in [0.25, 0.3) is 0 Å². The van der Waals surface area contributed by atoms with Crippen molar-refractivity contribution in [3.63, 3.8) is 0 Å². The van der Waals surface area contributed by atoms with Crippen molar-refractivity contribution in [1.29, 1.82) is 0 Å². The number of hydrogen-bond acceptors (Lipinski definition) is 4. The van der Waals surface area contributed by atoms with Gasteiger partial charge in [0, 0.05) is 17.2 Å². The molecule has 0 atom stereocenters. The second-order valence-corrected chi connectivity index (χ2v) is 6.93. The van der Waals surface area contributed by atoms with Gasteiger partial charge in [-0.15, -0.1) is 0 Å². The molecule has 0 unspecified atom stereocenters. The van der Waals surface area contributed by atoms with Crippen LogP contribution in [0.1, 0.15) is 5.56 Å². The highest BCUT2D eigenvalue weighted by atomic mass is 79.9. The third kappa shape index (κ3) is 3.99. The van der Waals surface area contributed by atoms with Gasteiger partial charge in [0.05, 0.1) is 0 Å². The number of rotatable bonds is 5. The molecule has 1 heterocycles. The van der Waals surface area contributed by atoms with Gasteiger partial charge in [-0.3, -0.25) is 0 Å². The molecule has 0 aliphatic carbocycles. The maximum Gasteiger partial charge on any atom is 0.244 e. The fraction of sp³-hybridized carbons (Fsp3) is 0.154. The van der Waals surface area contributed by atoms with Crippen molar-refractivity contribution < 1.29 is 12.8 Å². The van der Waals surface area contributed by atoms with Crippen LogP contribution in [-0.2, 0) is 16.4 Å². The van der Waals surface area contributed by atoms with E-state index in [0.717, 1.165) is 0 Å². The Hall–Kier alpha value is -1.51. The van der Waals surface area contributed by atoms with Crippen LogP contribution in [0, 0.1) is 5.82 Å². The summed E-state index contributed by atoms with van der Waals surface area (Å²) >= 11 is 3.14. The molecule has 1 aromatic heterocycles. The van der Waals surface area contributed by atoms with Gasteiger partial charge in [-0.1, -0.05) is 18.2 Å². The van der Waals surface area contributed by atoms with E-state index in [1.807, 2.05) is 0 Å². The minimum Gasteiger partial charge on any atom is -0.383 e. The van der Waals surface area contributed by atoms with Crippen LogP contribution in [0.15, 0.2) is 45.9 Å². The van der Waals surface area contributed by atoms with Gasteiger partial charge in [-0.05, 0) is 40.0 Å². The number of halogens is 2. The second-order valence-electron chi connectivity index (χ2n) is 4.28. The van der Waals surface area contributed by atoms with Crippen LogP contribution in [0.25, 0.3) is 0 Å². The summed E-state index contributed by atoms with van der Waals surface area (Å²) in [4.78, 5) is 3.67. The first-order valence-electron chi connectivity index (χ1n) is 6.04. The van der Waals surface area contributed by atoms with Crippen LogP contribution in [0.2, 0.25) is 0 Å². The lowest BCUT2D eigenvalue weighted by Gasteiger charge is -2.09. The average Bonchev–Trinajstić information content (AvgIpc) is 2.43. The average molecular weight is 374 g/mol. The summed E-state index contributed by atoms with van der Waals surface area (Å²) in [5.41, 5.74) is 6.02. The number of benzene rings is 1. The number of hydrogen-bond donors (Lipinski definition) is 2. The molecule has 0 aliphatic heterocycles. The van der Waals surface area contributed by atoms with E-state index in [1.165, 1.54) is 18.3 Å². The van der Waals surface area contributed by atoms with E-state index in [9.17, 15) is 12.8 Å². The highest BCUT2D eigenvalue weighted by Gasteiger charge is 2.18. The predicted molar refractivity (Wildman–Crippen MR) is 81.6 cm³/mol. The Balaban J connectivity index is 2.08. The summed E-state index contributed by atoms with van der Waals surface area (Å²) in [7, 11) is -3.79. The molecular weight excluding hydrogens is 361 g/mol. The Kier molecular flexibility index (Phi) is 4.92. The Morgan fingerprint density at radius 2 is 2.05 bits per heavy atom. The van der Waals surface area contributed by atoms with Gasteiger partial charge >= 0.3 is 0 Å². The monoisotopic (exact) mass is 373 g/mol. The van der Waals surface area contributed by atoms with Gasteiger partial charge in [-0.25, -0.2) is 22.5 Å². The van der Waals surface area contributed by atoms with Crippen LogP contribution in [0.5, 0.6) is 0 Å². The lowest BCUT2D eigenvalue weighted by Crippen LogP contribution is -2.27. The van der Waals surface area contributed by atoms with Crippen molar-refractivity contribution in [2.45, 2.75) is 11.3 Å². The first-order chi connectivity index (χ1) is 9.90. The molecule has 21 heavy (non-hydrogen) atoms. The summed E-state index contributed by atoms with van der Waals surface area (Å²) in [5.74, 6) is -0.447. The number of nitrogens with two attached hydrogens (primary N) is 1. The summed E-state index contributed by atoms with van der Waals surface area (Å²) in [6.45, 7) is 0.0647. The molecule has 0 radical (unpaired) electrons. The molecule has 0 aliphatic rings. The number of anilines is 1. The van der Waals surface area contributed by atoms with Crippen molar-refractivity contribution in [1.82, 2.24) is 9.71 Å². The molecule has 0 fully saturated rings. The molecule has 5 nitrogen and oxygen atoms in total. The van der Waals surface area contributed by atoms with Gasteiger partial charge in [0.2, 0.25) is 10.0 Å². The zero-order valence-electron chi connectivity index (χ0n) is 10.9. The van der Waals surface area contributed by atoms with Crippen LogP contribution in [0.3, 0.4) is 0 Å². The minimum absolute atomic E-state index is 0.0647. The van der Waals surface area contributed by atoms with E-state index in [2.05, 4.69) is 25.6 Å². The standard InChI is InChI=1S/C13H13BrFN3O2S/c14-10-7-12(13(16)17-8-10)21(19,20)18-6-5-9-3-1-2-4-11(9)15/h1-4,7-8,18H,5-6H2,(H2,16,17). The van der Waals surface area contributed by atoms with E-state index in [-0.39, 0.29) is 29.5 Å². The quantitative estimate of drug-likeness (QED) is 0.839. The van der Waals surface area contributed by atoms with Crippen LogP contribution < -0.4 is 10.5 Å². The van der Waals surface area contributed by atoms with E-state index >= 15 is 0 Å². The Bertz CT molecular complexity index is 753. The van der Waals surface area contributed by atoms with E-state index in [4.69, 9.17) is 5.73 Å². The van der Waals surface area contributed by atoms with E-state index in [1.54, 1.807) is 18.2 Å². The van der Waals surface area contributed by atoms with Crippen LogP contribution in [-0.4, -0.2) is 19.9 Å². The minimum atomic E-state index is -3.79. The molecule has 2 rings (SSSR count). The SMILES string of the molecule is Nc1ncc(Br)cc1S(=O)(=O)NCCc1ccccc1F. The Morgan fingerprint density at radius 3 is 2.76 bits per heavy atom. The normalized spacial score (nSPS) is 11.5. The lowest BCUT2D eigenvalue weighted by molar-refractivity contribution is 0.577. The largest absolute Gasteiger partial charge is 0.383 e. The molecule has 8 heteroatoms. The van der Waals surface area contributed by atoms with Crippen molar-refractivity contribution >= 4 is 31.8 Å². The highest BCUT2D eigenvalue weighted by Crippen LogP contribution is 2.20. The van der Waals surface area contributed by atoms with Gasteiger partial charge < -0.3 is 5.73 Å². The first kappa shape index (κ1) is 15.9. The molecule has 0 spiro atoms. The third-order valence-corrected chi connectivity index (χ3v) is 4.71. The molecular formula is C13H13BrFN3O2S. The molecule has 0 saturated heterocycles. The number of nitrogens with zero attached hydrogens (tertiary/aromatic N) is 1. The molecule has 0 saturated carbocycles. The molecule has 2 aromatic rings. The summed E-state index contributed by atoms with van der Waals surface area (Å²) < 4.78 is 40.6. The zero-order chi connectivity index (χ0) is 15.5. The van der Waals surface area contributed by atoms with Gasteiger partial charge in [-0.2, -0.15) is 0 Å². The fourth-order valence-corrected chi connectivity index (χ4v) is 3.36. The Labute approximate surface area is 130 Å². The Morgan fingerprint density at radius 1 is 1.33 bits per heavy atom. The second kappa shape index (κ2) is 6.50. The van der Waals surface area contributed by atoms with Crippen LogP contribution in [0.4, 0.5) is 10.2 Å². The smallest absolute Gasteiger partial charge is 0.244 e. The maximum absolute atomic E-state index is 13.4. The third-order valence-electron chi connectivity index (χ3n) is 2.78. The summed E-state index contributed by atoms with van der Waals surface area (Å²) in [5, 5.41) is 0. The number of aromatic nitrogens is 1. The molecule has 0 amide bonds. The molecule has 112 valence electrons. The van der Waals surface area contributed by atoms with Crippen LogP contribution >= 0.6 is 15.9 Å². The molecule has 0 bridgehead atoms. The number of nitrogens with one attached hydrogen (secondary N) is 1. The van der Waals surface area contributed by atoms with Crippen molar-refractivity contribution in [3.8, 4) is 0 Å². The number of nitrogen functional groups attached to an aromatic ring is 1. The topological polar surface area (TPSA) is 85.1 Å². The molecule has 3 N–H and O–H groups in total. The highest BCUT2D eigenvalue weighted by molar-refractivity contribution is 9.10. The zero-order valence-corrected chi connectivity index (χ0v) is 13.3. The van der Waals surface area contributed by atoms with Gasteiger partial charge in [0.15, 0.2) is 0 Å². The summed E-state index contributed by atoms with van der Waals surface area (Å²) in [6.07, 6.45) is 1.65. The van der Waals surface area contributed by atoms with Crippen molar-refractivity contribution in [3.05, 3.63) is 52.4 Å². The van der Waals surface area contributed by atoms with Crippen molar-refractivity contribution in [2.75, 3.05) is 12.3 Å². The van der Waals surface area contributed by atoms with Gasteiger partial charge in [0.1, 0.15) is 16.5 Å². The maximum atomic E-state index is 13.4.